The molecular formula is C16H17BrClNO2S. The molecular weight excluding hydrogens is 386 g/mol. The van der Waals surface area contributed by atoms with Crippen LogP contribution in [0.4, 0.5) is 0 Å². The fraction of sp³-hybridized carbons (Fsp3) is 0.250. The molecule has 3 nitrogen and oxygen atoms in total. The molecule has 0 unspecified atom stereocenters. The van der Waals surface area contributed by atoms with E-state index in [-0.39, 0.29) is 11.8 Å². The molecule has 118 valence electrons. The summed E-state index contributed by atoms with van der Waals surface area (Å²) in [6.45, 7) is 2.39. The lowest BCUT2D eigenvalue weighted by atomic mass is 10.1. The second kappa shape index (κ2) is 7.59. The molecule has 0 bridgehead atoms. The topological polar surface area (TPSA) is 46.2 Å². The minimum Gasteiger partial charge on any atom is -0.309 e. The third-order valence-electron chi connectivity index (χ3n) is 3.36. The molecule has 6 heteroatoms. The third-order valence-corrected chi connectivity index (χ3v) is 5.88. The van der Waals surface area contributed by atoms with E-state index < -0.39 is 9.84 Å². The molecule has 22 heavy (non-hydrogen) atoms. The Bertz CT molecular complexity index is 715. The van der Waals surface area contributed by atoms with E-state index in [0.717, 1.165) is 10.0 Å². The molecule has 0 fully saturated rings. The van der Waals surface area contributed by atoms with E-state index in [1.165, 1.54) is 0 Å². The fourth-order valence-corrected chi connectivity index (χ4v) is 3.60. The third kappa shape index (κ3) is 4.81. The molecule has 0 aliphatic heterocycles. The minimum absolute atomic E-state index is 0.0621. The van der Waals surface area contributed by atoms with Crippen molar-refractivity contribution in [1.29, 1.82) is 0 Å². The summed E-state index contributed by atoms with van der Waals surface area (Å²) in [6, 6.07) is 14.3. The van der Waals surface area contributed by atoms with Crippen LogP contribution in [0.1, 0.15) is 18.5 Å². The number of halogens is 2. The summed E-state index contributed by atoms with van der Waals surface area (Å²) in [4.78, 5) is 0.344. The number of nitrogens with one attached hydrogen (secondary N) is 1. The molecule has 0 saturated heterocycles. The van der Waals surface area contributed by atoms with Crippen molar-refractivity contribution < 1.29 is 8.42 Å². The second-order valence-corrected chi connectivity index (χ2v) is 8.46. The Labute approximate surface area is 144 Å². The van der Waals surface area contributed by atoms with E-state index in [1.54, 1.807) is 24.3 Å². The van der Waals surface area contributed by atoms with Gasteiger partial charge in [0.2, 0.25) is 0 Å². The fourth-order valence-electron chi connectivity index (χ4n) is 2.04. The highest BCUT2D eigenvalue weighted by molar-refractivity contribution is 9.10. The summed E-state index contributed by atoms with van der Waals surface area (Å²) in [5, 5.41) is 3.91. The summed E-state index contributed by atoms with van der Waals surface area (Å²) in [6.07, 6.45) is 0. The Morgan fingerprint density at radius 2 is 1.68 bits per heavy atom. The summed E-state index contributed by atoms with van der Waals surface area (Å²) < 4.78 is 25.3. The predicted molar refractivity (Wildman–Crippen MR) is 94.1 cm³/mol. The zero-order valence-electron chi connectivity index (χ0n) is 12.1. The summed E-state index contributed by atoms with van der Waals surface area (Å²) in [7, 11) is -3.27. The van der Waals surface area contributed by atoms with Gasteiger partial charge in [0, 0.05) is 22.1 Å². The van der Waals surface area contributed by atoms with Crippen LogP contribution in [-0.2, 0) is 9.84 Å². The molecule has 1 N–H and O–H groups in total. The zero-order chi connectivity index (χ0) is 16.2. The summed E-state index contributed by atoms with van der Waals surface area (Å²) >= 11 is 9.15. The molecule has 2 rings (SSSR count). The Hall–Kier alpha value is -0.880. The van der Waals surface area contributed by atoms with Crippen LogP contribution in [-0.4, -0.2) is 20.7 Å². The van der Waals surface area contributed by atoms with Crippen LogP contribution in [0.3, 0.4) is 0 Å². The van der Waals surface area contributed by atoms with Crippen LogP contribution in [0, 0.1) is 0 Å². The van der Waals surface area contributed by atoms with Gasteiger partial charge in [0.15, 0.2) is 9.84 Å². The monoisotopic (exact) mass is 401 g/mol. The molecule has 0 aliphatic rings. The molecule has 0 heterocycles. The van der Waals surface area contributed by atoms with E-state index in [2.05, 4.69) is 21.2 Å². The van der Waals surface area contributed by atoms with Gasteiger partial charge >= 0.3 is 0 Å². The lowest BCUT2D eigenvalue weighted by Gasteiger charge is -2.14. The number of benzene rings is 2. The minimum atomic E-state index is -3.27. The quantitative estimate of drug-likeness (QED) is 0.786. The van der Waals surface area contributed by atoms with Crippen LogP contribution in [0.25, 0.3) is 0 Å². The molecule has 0 saturated carbocycles. The van der Waals surface area contributed by atoms with Crippen molar-refractivity contribution in [2.45, 2.75) is 17.9 Å². The van der Waals surface area contributed by atoms with Crippen molar-refractivity contribution in [3.8, 4) is 0 Å². The van der Waals surface area contributed by atoms with Crippen LogP contribution in [0.5, 0.6) is 0 Å². The maximum atomic E-state index is 12.2. The van der Waals surface area contributed by atoms with Crippen molar-refractivity contribution >= 4 is 37.4 Å². The molecule has 0 aromatic heterocycles. The van der Waals surface area contributed by atoms with E-state index in [4.69, 9.17) is 11.6 Å². The number of rotatable bonds is 6. The van der Waals surface area contributed by atoms with Crippen molar-refractivity contribution in [2.24, 2.45) is 0 Å². The molecule has 0 radical (unpaired) electrons. The van der Waals surface area contributed by atoms with Gasteiger partial charge in [0.05, 0.1) is 10.6 Å². The van der Waals surface area contributed by atoms with Gasteiger partial charge in [0.1, 0.15) is 0 Å². The van der Waals surface area contributed by atoms with Crippen LogP contribution in [0.2, 0.25) is 5.02 Å². The average Bonchev–Trinajstić information content (AvgIpc) is 2.48. The maximum absolute atomic E-state index is 12.2. The Kier molecular flexibility index (Phi) is 6.03. The highest BCUT2D eigenvalue weighted by atomic mass is 79.9. The Balaban J connectivity index is 1.92. The van der Waals surface area contributed by atoms with E-state index >= 15 is 0 Å². The van der Waals surface area contributed by atoms with Crippen molar-refractivity contribution in [1.82, 2.24) is 5.32 Å². The van der Waals surface area contributed by atoms with Gasteiger partial charge in [-0.05, 0) is 48.9 Å². The molecule has 2 aromatic rings. The first-order chi connectivity index (χ1) is 10.4. The highest BCUT2D eigenvalue weighted by Gasteiger charge is 2.14. The Morgan fingerprint density at radius 1 is 1.09 bits per heavy atom. The van der Waals surface area contributed by atoms with Gasteiger partial charge < -0.3 is 5.32 Å². The lowest BCUT2D eigenvalue weighted by Crippen LogP contribution is -2.25. The average molecular weight is 403 g/mol. The van der Waals surface area contributed by atoms with Gasteiger partial charge in [0.25, 0.3) is 0 Å². The normalized spacial score (nSPS) is 13.0. The van der Waals surface area contributed by atoms with Crippen LogP contribution >= 0.6 is 27.5 Å². The highest BCUT2D eigenvalue weighted by Crippen LogP contribution is 2.17. The van der Waals surface area contributed by atoms with Gasteiger partial charge in [-0.3, -0.25) is 0 Å². The molecule has 0 aliphatic carbocycles. The first kappa shape index (κ1) is 17.5. The standard InChI is InChI=1S/C16H17BrClNO2S/c1-12(13-2-6-15(18)7-3-13)19-10-11-22(20,21)16-8-4-14(17)5-9-16/h2-9,12,19H,10-11H2,1H3/t12-/m1/s1. The predicted octanol–water partition coefficient (Wildman–Crippen LogP) is 4.23. The number of sulfone groups is 1. The van der Waals surface area contributed by atoms with Gasteiger partial charge in [-0.1, -0.05) is 39.7 Å². The van der Waals surface area contributed by atoms with Gasteiger partial charge in [-0.25, -0.2) is 8.42 Å². The smallest absolute Gasteiger partial charge is 0.179 e. The van der Waals surface area contributed by atoms with Crippen LogP contribution in [0.15, 0.2) is 57.9 Å². The Morgan fingerprint density at radius 3 is 2.27 bits per heavy atom. The SMILES string of the molecule is C[C@@H](NCCS(=O)(=O)c1ccc(Br)cc1)c1ccc(Cl)cc1. The van der Waals surface area contributed by atoms with Gasteiger partial charge in [-0.15, -0.1) is 0 Å². The second-order valence-electron chi connectivity index (χ2n) is 5.00. The van der Waals surface area contributed by atoms with E-state index in [0.29, 0.717) is 16.5 Å². The first-order valence-corrected chi connectivity index (χ1v) is 9.68. The lowest BCUT2D eigenvalue weighted by molar-refractivity contribution is 0.572. The number of hydrogen-bond donors (Lipinski definition) is 1. The van der Waals surface area contributed by atoms with Gasteiger partial charge in [-0.2, -0.15) is 0 Å². The van der Waals surface area contributed by atoms with Crippen molar-refractivity contribution in [3.05, 3.63) is 63.6 Å². The van der Waals surface area contributed by atoms with Crippen LogP contribution < -0.4 is 5.32 Å². The largest absolute Gasteiger partial charge is 0.309 e. The number of hydrogen-bond acceptors (Lipinski definition) is 3. The molecule has 0 amide bonds. The molecule has 2 aromatic carbocycles. The van der Waals surface area contributed by atoms with Crippen molar-refractivity contribution in [2.75, 3.05) is 12.3 Å². The summed E-state index contributed by atoms with van der Waals surface area (Å²) in [5.41, 5.74) is 1.07. The molecule has 0 spiro atoms. The zero-order valence-corrected chi connectivity index (χ0v) is 15.2. The van der Waals surface area contributed by atoms with E-state index in [9.17, 15) is 8.42 Å². The maximum Gasteiger partial charge on any atom is 0.179 e. The van der Waals surface area contributed by atoms with Crippen molar-refractivity contribution in [3.63, 3.8) is 0 Å². The first-order valence-electron chi connectivity index (χ1n) is 6.86. The summed E-state index contributed by atoms with van der Waals surface area (Å²) in [5.74, 6) is 0.0621. The molecule has 1 atom stereocenters. The van der Waals surface area contributed by atoms with E-state index in [1.807, 2.05) is 31.2 Å².